The number of hydrogen-bond acceptors (Lipinski definition) is 6. The Morgan fingerprint density at radius 3 is 2.44 bits per heavy atom. The quantitative estimate of drug-likeness (QED) is 0.710. The molecule has 0 bridgehead atoms. The van der Waals surface area contributed by atoms with E-state index in [2.05, 4.69) is 15.0 Å². The fourth-order valence-electron chi connectivity index (χ4n) is 2.24. The molecule has 2 N–H and O–H groups in total. The van der Waals surface area contributed by atoms with Gasteiger partial charge in [-0.25, -0.2) is 13.4 Å². The lowest BCUT2D eigenvalue weighted by atomic mass is 10.2. The molecule has 8 heteroatoms. The minimum atomic E-state index is -3.30. The molecule has 0 aliphatic rings. The lowest BCUT2D eigenvalue weighted by Gasteiger charge is -2.11. The van der Waals surface area contributed by atoms with Gasteiger partial charge in [0.25, 0.3) is 0 Å². The van der Waals surface area contributed by atoms with Gasteiger partial charge in [-0.1, -0.05) is 13.0 Å². The van der Waals surface area contributed by atoms with Crippen LogP contribution in [0.5, 0.6) is 11.5 Å². The summed E-state index contributed by atoms with van der Waals surface area (Å²) in [5, 5.41) is 3.18. The van der Waals surface area contributed by atoms with Crippen molar-refractivity contribution in [1.29, 1.82) is 0 Å². The fourth-order valence-corrected chi connectivity index (χ4v) is 3.36. The molecule has 0 unspecified atom stereocenters. The average Bonchev–Trinajstić information content (AvgIpc) is 2.60. The van der Waals surface area contributed by atoms with Crippen molar-refractivity contribution in [3.63, 3.8) is 0 Å². The van der Waals surface area contributed by atoms with Gasteiger partial charge in [0, 0.05) is 6.54 Å². The van der Waals surface area contributed by atoms with Crippen LogP contribution >= 0.6 is 0 Å². The van der Waals surface area contributed by atoms with Crippen molar-refractivity contribution in [2.45, 2.75) is 19.9 Å². The molecule has 1 heterocycles. The smallest absolute Gasteiger partial charge is 0.232 e. The molecular weight excluding hydrogens is 342 g/mol. The minimum absolute atomic E-state index is 0.0896. The maximum atomic E-state index is 11.7. The third-order valence-electron chi connectivity index (χ3n) is 3.43. The van der Waals surface area contributed by atoms with E-state index in [-0.39, 0.29) is 5.75 Å². The Labute approximate surface area is 148 Å². The highest BCUT2D eigenvalue weighted by Crippen LogP contribution is 2.27. The molecule has 0 aliphatic heterocycles. The van der Waals surface area contributed by atoms with Gasteiger partial charge in [0.2, 0.25) is 10.0 Å². The van der Waals surface area contributed by atoms with Gasteiger partial charge in [-0.2, -0.15) is 0 Å². The first-order valence-corrected chi connectivity index (χ1v) is 9.54. The molecule has 0 radical (unpaired) electrons. The summed E-state index contributed by atoms with van der Waals surface area (Å²) < 4.78 is 36.5. The molecule has 7 nitrogen and oxygen atoms in total. The second-order valence-electron chi connectivity index (χ2n) is 5.40. The van der Waals surface area contributed by atoms with Gasteiger partial charge < -0.3 is 14.8 Å². The van der Waals surface area contributed by atoms with Crippen molar-refractivity contribution in [3.8, 4) is 11.5 Å². The normalized spacial score (nSPS) is 11.0. The maximum absolute atomic E-state index is 11.7. The summed E-state index contributed by atoms with van der Waals surface area (Å²) in [5.41, 5.74) is 1.46. The summed E-state index contributed by atoms with van der Waals surface area (Å²) in [6.07, 6.45) is 2.05. The number of hydrogen-bond donors (Lipinski definition) is 2. The molecule has 0 aliphatic carbocycles. The maximum Gasteiger partial charge on any atom is 0.232 e. The Morgan fingerprint density at radius 1 is 1.08 bits per heavy atom. The standard InChI is InChI=1S/C17H23N3O4S/c1-4-9-25(21,22)20-14-6-8-17(19-12-14)18-11-13-5-7-15(23-2)16(10-13)24-3/h5-8,10,12,20H,4,9,11H2,1-3H3,(H,18,19). The third-order valence-corrected chi connectivity index (χ3v) is 4.92. The molecule has 0 atom stereocenters. The van der Waals surface area contributed by atoms with E-state index in [9.17, 15) is 8.42 Å². The summed E-state index contributed by atoms with van der Waals surface area (Å²) in [4.78, 5) is 4.22. The molecule has 2 rings (SSSR count). The number of ether oxygens (including phenoxy) is 2. The highest BCUT2D eigenvalue weighted by atomic mass is 32.2. The van der Waals surface area contributed by atoms with Crippen LogP contribution in [0.25, 0.3) is 0 Å². The lowest BCUT2D eigenvalue weighted by molar-refractivity contribution is 0.354. The van der Waals surface area contributed by atoms with Gasteiger partial charge in [-0.3, -0.25) is 4.72 Å². The number of anilines is 2. The molecule has 0 spiro atoms. The van der Waals surface area contributed by atoms with Crippen molar-refractivity contribution in [3.05, 3.63) is 42.1 Å². The molecule has 25 heavy (non-hydrogen) atoms. The van der Waals surface area contributed by atoms with E-state index in [1.165, 1.54) is 6.20 Å². The Hall–Kier alpha value is -2.48. The highest BCUT2D eigenvalue weighted by molar-refractivity contribution is 7.92. The molecule has 2 aromatic rings. The number of nitrogens with zero attached hydrogens (tertiary/aromatic N) is 1. The van der Waals surface area contributed by atoms with E-state index in [1.54, 1.807) is 26.4 Å². The van der Waals surface area contributed by atoms with Gasteiger partial charge in [0.15, 0.2) is 11.5 Å². The fraction of sp³-hybridized carbons (Fsp3) is 0.353. The molecule has 0 saturated carbocycles. The van der Waals surface area contributed by atoms with Crippen LogP contribution in [0, 0.1) is 0 Å². The minimum Gasteiger partial charge on any atom is -0.493 e. The van der Waals surface area contributed by atoms with Crippen LogP contribution in [0.4, 0.5) is 11.5 Å². The predicted octanol–water partition coefficient (Wildman–Crippen LogP) is 2.86. The van der Waals surface area contributed by atoms with E-state index < -0.39 is 10.0 Å². The van der Waals surface area contributed by atoms with Crippen LogP contribution in [0.3, 0.4) is 0 Å². The van der Waals surface area contributed by atoms with E-state index in [0.29, 0.717) is 36.0 Å². The van der Waals surface area contributed by atoms with E-state index in [4.69, 9.17) is 9.47 Å². The number of rotatable bonds is 9. The molecule has 1 aromatic carbocycles. The largest absolute Gasteiger partial charge is 0.493 e. The number of pyridine rings is 1. The number of aromatic nitrogens is 1. The zero-order chi connectivity index (χ0) is 18.3. The molecule has 0 fully saturated rings. The van der Waals surface area contributed by atoms with Crippen molar-refractivity contribution >= 4 is 21.5 Å². The molecular formula is C17H23N3O4S. The van der Waals surface area contributed by atoms with Gasteiger partial charge >= 0.3 is 0 Å². The Bertz CT molecular complexity index is 792. The zero-order valence-electron chi connectivity index (χ0n) is 14.6. The molecule has 0 saturated heterocycles. The zero-order valence-corrected chi connectivity index (χ0v) is 15.4. The van der Waals surface area contributed by atoms with Gasteiger partial charge in [0.05, 0.1) is 31.9 Å². The summed E-state index contributed by atoms with van der Waals surface area (Å²) in [6, 6.07) is 9.07. The summed E-state index contributed by atoms with van der Waals surface area (Å²) in [5.74, 6) is 2.07. The second kappa shape index (κ2) is 8.57. The van der Waals surface area contributed by atoms with Gasteiger partial charge in [-0.15, -0.1) is 0 Å². The monoisotopic (exact) mass is 365 g/mol. The molecule has 0 amide bonds. The predicted molar refractivity (Wildman–Crippen MR) is 98.8 cm³/mol. The third kappa shape index (κ3) is 5.53. The Balaban J connectivity index is 1.98. The van der Waals surface area contributed by atoms with Crippen LogP contribution < -0.4 is 19.5 Å². The van der Waals surface area contributed by atoms with Crippen LogP contribution in [0.15, 0.2) is 36.5 Å². The van der Waals surface area contributed by atoms with E-state index in [0.717, 1.165) is 5.56 Å². The number of nitrogens with one attached hydrogen (secondary N) is 2. The van der Waals surface area contributed by atoms with Gasteiger partial charge in [0.1, 0.15) is 5.82 Å². The van der Waals surface area contributed by atoms with Crippen molar-refractivity contribution in [2.75, 3.05) is 30.0 Å². The van der Waals surface area contributed by atoms with Crippen molar-refractivity contribution in [1.82, 2.24) is 4.98 Å². The van der Waals surface area contributed by atoms with Crippen molar-refractivity contribution in [2.24, 2.45) is 0 Å². The highest BCUT2D eigenvalue weighted by Gasteiger charge is 2.09. The summed E-state index contributed by atoms with van der Waals surface area (Å²) >= 11 is 0. The van der Waals surface area contributed by atoms with Crippen LogP contribution in [-0.2, 0) is 16.6 Å². The number of sulfonamides is 1. The molecule has 1 aromatic heterocycles. The van der Waals surface area contributed by atoms with Crippen molar-refractivity contribution < 1.29 is 17.9 Å². The first kappa shape index (κ1) is 18.9. The number of benzene rings is 1. The Morgan fingerprint density at radius 2 is 1.84 bits per heavy atom. The van der Waals surface area contributed by atoms with Gasteiger partial charge in [-0.05, 0) is 36.2 Å². The molecule has 136 valence electrons. The average molecular weight is 365 g/mol. The summed E-state index contributed by atoms with van der Waals surface area (Å²) in [7, 11) is -0.118. The van der Waals surface area contributed by atoms with Crippen LogP contribution in [0.2, 0.25) is 0 Å². The second-order valence-corrected chi connectivity index (χ2v) is 7.24. The van der Waals surface area contributed by atoms with Crippen LogP contribution in [0.1, 0.15) is 18.9 Å². The first-order chi connectivity index (χ1) is 12.0. The van der Waals surface area contributed by atoms with Crippen LogP contribution in [-0.4, -0.2) is 33.4 Å². The SMILES string of the molecule is CCCS(=O)(=O)Nc1ccc(NCc2ccc(OC)c(OC)c2)nc1. The number of methoxy groups -OCH3 is 2. The Kier molecular flexibility index (Phi) is 6.46. The van der Waals surface area contributed by atoms with E-state index >= 15 is 0 Å². The summed E-state index contributed by atoms with van der Waals surface area (Å²) in [6.45, 7) is 2.37. The van der Waals surface area contributed by atoms with E-state index in [1.807, 2.05) is 25.1 Å². The lowest BCUT2D eigenvalue weighted by Crippen LogP contribution is -2.16. The topological polar surface area (TPSA) is 89.6 Å². The first-order valence-electron chi connectivity index (χ1n) is 7.88.